The number of nitrogens with two attached hydrogens (primary N) is 1. The number of sulfonamides is 1. The first-order chi connectivity index (χ1) is 9.49. The number of hydrogen-bond acceptors (Lipinski definition) is 4. The molecule has 2 aromatic rings. The SMILES string of the molecule is Cl.NC(CNS(=O)(=O)c1ccc(Cl)nc1)c1ccccc1. The fourth-order valence-corrected chi connectivity index (χ4v) is 2.74. The van der Waals surface area contributed by atoms with Crippen LogP contribution in [0.2, 0.25) is 5.15 Å². The van der Waals surface area contributed by atoms with Crippen molar-refractivity contribution in [2.24, 2.45) is 5.73 Å². The molecule has 114 valence electrons. The maximum absolute atomic E-state index is 12.0. The van der Waals surface area contributed by atoms with E-state index in [0.29, 0.717) is 0 Å². The normalized spacial score (nSPS) is 12.5. The number of pyridine rings is 1. The zero-order valence-corrected chi connectivity index (χ0v) is 13.3. The van der Waals surface area contributed by atoms with Gasteiger partial charge in [0.25, 0.3) is 0 Å². The Bertz CT molecular complexity index is 664. The minimum absolute atomic E-state index is 0. The van der Waals surface area contributed by atoms with Gasteiger partial charge < -0.3 is 5.73 Å². The topological polar surface area (TPSA) is 85.1 Å². The number of hydrogen-bond donors (Lipinski definition) is 2. The molecule has 0 bridgehead atoms. The summed E-state index contributed by atoms with van der Waals surface area (Å²) in [6.45, 7) is 0.106. The monoisotopic (exact) mass is 347 g/mol. The summed E-state index contributed by atoms with van der Waals surface area (Å²) in [5, 5.41) is 0.241. The van der Waals surface area contributed by atoms with Crippen molar-refractivity contribution < 1.29 is 8.42 Å². The van der Waals surface area contributed by atoms with Crippen LogP contribution >= 0.6 is 24.0 Å². The molecular formula is C13H15Cl2N3O2S. The molecule has 0 fully saturated rings. The fourth-order valence-electron chi connectivity index (χ4n) is 1.62. The number of nitrogens with zero attached hydrogens (tertiary/aromatic N) is 1. The van der Waals surface area contributed by atoms with Gasteiger partial charge in [-0.05, 0) is 17.7 Å². The highest BCUT2D eigenvalue weighted by atomic mass is 35.5. The van der Waals surface area contributed by atoms with Gasteiger partial charge in [0.1, 0.15) is 10.0 Å². The van der Waals surface area contributed by atoms with Crippen LogP contribution < -0.4 is 10.5 Å². The summed E-state index contributed by atoms with van der Waals surface area (Å²) < 4.78 is 26.5. The van der Waals surface area contributed by atoms with E-state index in [0.717, 1.165) is 5.56 Å². The van der Waals surface area contributed by atoms with E-state index in [4.69, 9.17) is 17.3 Å². The summed E-state index contributed by atoms with van der Waals surface area (Å²) in [5.41, 5.74) is 6.81. The summed E-state index contributed by atoms with van der Waals surface area (Å²) in [7, 11) is -3.63. The summed E-state index contributed by atoms with van der Waals surface area (Å²) >= 11 is 5.62. The summed E-state index contributed by atoms with van der Waals surface area (Å²) in [4.78, 5) is 3.80. The Labute approximate surface area is 135 Å². The van der Waals surface area contributed by atoms with Crippen LogP contribution in [0.1, 0.15) is 11.6 Å². The first-order valence-corrected chi connectivity index (χ1v) is 7.77. The van der Waals surface area contributed by atoms with Crippen molar-refractivity contribution in [2.75, 3.05) is 6.54 Å². The lowest BCUT2D eigenvalue weighted by Crippen LogP contribution is -2.32. The molecule has 2 rings (SSSR count). The Balaban J connectivity index is 0.00000220. The lowest BCUT2D eigenvalue weighted by molar-refractivity contribution is 0.572. The molecular weight excluding hydrogens is 333 g/mol. The average molecular weight is 348 g/mol. The van der Waals surface area contributed by atoms with E-state index < -0.39 is 16.1 Å². The van der Waals surface area contributed by atoms with Gasteiger partial charge in [-0.1, -0.05) is 41.9 Å². The number of rotatable bonds is 5. The molecule has 8 heteroatoms. The van der Waals surface area contributed by atoms with Crippen molar-refractivity contribution in [2.45, 2.75) is 10.9 Å². The van der Waals surface area contributed by atoms with Crippen molar-refractivity contribution in [1.29, 1.82) is 0 Å². The van der Waals surface area contributed by atoms with Crippen LogP contribution in [-0.4, -0.2) is 19.9 Å². The van der Waals surface area contributed by atoms with Gasteiger partial charge >= 0.3 is 0 Å². The Morgan fingerprint density at radius 1 is 1.19 bits per heavy atom. The smallest absolute Gasteiger partial charge is 0.242 e. The van der Waals surface area contributed by atoms with Crippen molar-refractivity contribution in [3.05, 3.63) is 59.4 Å². The molecule has 0 amide bonds. The molecule has 0 aliphatic rings. The largest absolute Gasteiger partial charge is 0.323 e. The minimum Gasteiger partial charge on any atom is -0.323 e. The van der Waals surface area contributed by atoms with Crippen LogP contribution in [0.3, 0.4) is 0 Å². The Morgan fingerprint density at radius 2 is 1.86 bits per heavy atom. The van der Waals surface area contributed by atoms with Gasteiger partial charge in [-0.15, -0.1) is 12.4 Å². The van der Waals surface area contributed by atoms with Crippen molar-refractivity contribution >= 4 is 34.0 Å². The number of aromatic nitrogens is 1. The first kappa shape index (κ1) is 17.9. The maximum Gasteiger partial charge on any atom is 0.242 e. The third kappa shape index (κ3) is 4.94. The summed E-state index contributed by atoms with van der Waals surface area (Å²) in [6.07, 6.45) is 1.21. The van der Waals surface area contributed by atoms with E-state index in [-0.39, 0.29) is 29.0 Å². The van der Waals surface area contributed by atoms with Gasteiger partial charge in [-0.3, -0.25) is 0 Å². The molecule has 1 unspecified atom stereocenters. The van der Waals surface area contributed by atoms with Gasteiger partial charge in [0.15, 0.2) is 0 Å². The standard InChI is InChI=1S/C13H14ClN3O2S.ClH/c14-13-7-6-11(8-16-13)20(18,19)17-9-12(15)10-4-2-1-3-5-10;/h1-8,12,17H,9,15H2;1H. The Morgan fingerprint density at radius 3 is 2.43 bits per heavy atom. The van der Waals surface area contributed by atoms with Gasteiger partial charge in [0.05, 0.1) is 0 Å². The Hall–Kier alpha value is -1.18. The highest BCUT2D eigenvalue weighted by molar-refractivity contribution is 7.89. The number of nitrogens with one attached hydrogen (secondary N) is 1. The Kier molecular flexibility index (Phi) is 6.57. The van der Waals surface area contributed by atoms with Crippen LogP contribution in [0.15, 0.2) is 53.6 Å². The predicted molar refractivity (Wildman–Crippen MR) is 85.1 cm³/mol. The van der Waals surface area contributed by atoms with Gasteiger partial charge in [-0.2, -0.15) is 0 Å². The predicted octanol–water partition coefficient (Wildman–Crippen LogP) is 2.14. The van der Waals surface area contributed by atoms with E-state index in [1.54, 1.807) is 0 Å². The molecule has 1 atom stereocenters. The molecule has 0 spiro atoms. The second-order valence-electron chi connectivity index (χ2n) is 4.19. The second kappa shape index (κ2) is 7.72. The molecule has 21 heavy (non-hydrogen) atoms. The lowest BCUT2D eigenvalue weighted by Gasteiger charge is -2.13. The van der Waals surface area contributed by atoms with Crippen LogP contribution in [0.4, 0.5) is 0 Å². The molecule has 0 radical (unpaired) electrons. The molecule has 0 aliphatic heterocycles. The zero-order chi connectivity index (χ0) is 14.6. The van der Waals surface area contributed by atoms with E-state index >= 15 is 0 Å². The number of benzene rings is 1. The van der Waals surface area contributed by atoms with Crippen LogP contribution in [0, 0.1) is 0 Å². The van der Waals surface area contributed by atoms with Crippen LogP contribution in [0.5, 0.6) is 0 Å². The van der Waals surface area contributed by atoms with Crippen molar-refractivity contribution in [1.82, 2.24) is 9.71 Å². The van der Waals surface area contributed by atoms with Gasteiger partial charge in [0, 0.05) is 18.8 Å². The number of halogens is 2. The lowest BCUT2D eigenvalue weighted by atomic mass is 10.1. The maximum atomic E-state index is 12.0. The summed E-state index contributed by atoms with van der Waals surface area (Å²) in [6, 6.07) is 11.7. The van der Waals surface area contributed by atoms with Gasteiger partial charge in [0.2, 0.25) is 10.0 Å². The fraction of sp³-hybridized carbons (Fsp3) is 0.154. The highest BCUT2D eigenvalue weighted by Crippen LogP contribution is 2.12. The molecule has 0 saturated carbocycles. The molecule has 0 saturated heterocycles. The van der Waals surface area contributed by atoms with E-state index in [9.17, 15) is 8.42 Å². The van der Waals surface area contributed by atoms with E-state index in [2.05, 4.69) is 9.71 Å². The minimum atomic E-state index is -3.63. The first-order valence-electron chi connectivity index (χ1n) is 5.91. The van der Waals surface area contributed by atoms with Gasteiger partial charge in [-0.25, -0.2) is 18.1 Å². The zero-order valence-electron chi connectivity index (χ0n) is 10.9. The molecule has 5 nitrogen and oxygen atoms in total. The molecule has 3 N–H and O–H groups in total. The quantitative estimate of drug-likeness (QED) is 0.811. The third-order valence-corrected chi connectivity index (χ3v) is 4.36. The summed E-state index contributed by atoms with van der Waals surface area (Å²) in [5.74, 6) is 0. The molecule has 0 aliphatic carbocycles. The van der Waals surface area contributed by atoms with Crippen LogP contribution in [0.25, 0.3) is 0 Å². The third-order valence-electron chi connectivity index (χ3n) is 2.73. The van der Waals surface area contributed by atoms with Crippen LogP contribution in [-0.2, 0) is 10.0 Å². The molecule has 1 aromatic heterocycles. The average Bonchev–Trinajstić information content (AvgIpc) is 2.46. The van der Waals surface area contributed by atoms with Crippen molar-refractivity contribution in [3.8, 4) is 0 Å². The van der Waals surface area contributed by atoms with E-state index in [1.807, 2.05) is 30.3 Å². The molecule has 1 heterocycles. The van der Waals surface area contributed by atoms with E-state index in [1.165, 1.54) is 18.3 Å². The highest BCUT2D eigenvalue weighted by Gasteiger charge is 2.16. The van der Waals surface area contributed by atoms with Crippen molar-refractivity contribution in [3.63, 3.8) is 0 Å². The molecule has 1 aromatic carbocycles. The second-order valence-corrected chi connectivity index (χ2v) is 6.34.